The molecule has 0 unspecified atom stereocenters. The maximum Gasteiger partial charge on any atom is 0.217 e. The first-order valence-electron chi connectivity index (χ1n) is 12.3. The van der Waals surface area contributed by atoms with E-state index < -0.39 is 23.8 Å². The van der Waals surface area contributed by atoms with E-state index in [4.69, 9.17) is 0 Å². The van der Waals surface area contributed by atoms with Crippen LogP contribution in [-0.4, -0.2) is 35.2 Å². The molecule has 5 nitrogen and oxygen atoms in total. The Hall–Kier alpha value is -2.51. The second kappa shape index (κ2) is 10.6. The van der Waals surface area contributed by atoms with E-state index in [2.05, 4.69) is 68.8 Å². The summed E-state index contributed by atoms with van der Waals surface area (Å²) in [5.41, 5.74) is 3.88. The van der Waals surface area contributed by atoms with Crippen molar-refractivity contribution in [3.63, 3.8) is 0 Å². The largest absolute Gasteiger partial charge is 0.390 e. The van der Waals surface area contributed by atoms with Crippen LogP contribution in [0.3, 0.4) is 0 Å². The van der Waals surface area contributed by atoms with Gasteiger partial charge in [-0.25, -0.2) is 8.78 Å². The van der Waals surface area contributed by atoms with Gasteiger partial charge in [-0.3, -0.25) is 4.79 Å². The van der Waals surface area contributed by atoms with Crippen molar-refractivity contribution in [1.82, 2.24) is 10.6 Å². The molecule has 35 heavy (non-hydrogen) atoms. The first kappa shape index (κ1) is 27.1. The molecule has 7 heteroatoms. The molecule has 1 amide bonds. The Bertz CT molecular complexity index is 1030. The Balaban J connectivity index is 1.77. The number of carbonyl (C=O) groups is 1. The van der Waals surface area contributed by atoms with Gasteiger partial charge in [0, 0.05) is 36.8 Å². The van der Waals surface area contributed by atoms with Crippen LogP contribution in [0.15, 0.2) is 36.4 Å². The Labute approximate surface area is 207 Å². The summed E-state index contributed by atoms with van der Waals surface area (Å²) in [5.74, 6) is -1.69. The maximum absolute atomic E-state index is 13.7. The van der Waals surface area contributed by atoms with Crippen LogP contribution >= 0.6 is 0 Å². The molecule has 2 aromatic carbocycles. The molecule has 0 bridgehead atoms. The fraction of sp³-hybridized carbons (Fsp3) is 0.536. The van der Waals surface area contributed by atoms with Crippen LogP contribution in [0.4, 0.5) is 14.5 Å². The molecule has 3 rings (SSSR count). The second-order valence-electron chi connectivity index (χ2n) is 11.7. The lowest BCUT2D eigenvalue weighted by Crippen LogP contribution is -2.50. The molecule has 0 saturated carbocycles. The average molecular weight is 488 g/mol. The van der Waals surface area contributed by atoms with Crippen molar-refractivity contribution in [2.24, 2.45) is 5.41 Å². The molecule has 2 aromatic rings. The molecular formula is C28H39F2N3O2. The van der Waals surface area contributed by atoms with Crippen molar-refractivity contribution in [1.29, 1.82) is 0 Å². The van der Waals surface area contributed by atoms with Gasteiger partial charge in [-0.2, -0.15) is 0 Å². The molecular weight excluding hydrogens is 448 g/mol. The summed E-state index contributed by atoms with van der Waals surface area (Å²) in [7, 11) is 0. The van der Waals surface area contributed by atoms with E-state index in [0.29, 0.717) is 5.56 Å². The summed E-state index contributed by atoms with van der Waals surface area (Å²) in [6, 6.07) is 9.08. The molecule has 1 heterocycles. The highest BCUT2D eigenvalue weighted by Gasteiger charge is 2.33. The third-order valence-corrected chi connectivity index (χ3v) is 6.22. The van der Waals surface area contributed by atoms with E-state index in [0.717, 1.165) is 30.2 Å². The van der Waals surface area contributed by atoms with Gasteiger partial charge in [0.15, 0.2) is 0 Å². The minimum absolute atomic E-state index is 0.000380. The topological polar surface area (TPSA) is 73.4 Å². The van der Waals surface area contributed by atoms with Gasteiger partial charge in [-0.05, 0) is 73.4 Å². The van der Waals surface area contributed by atoms with Crippen LogP contribution < -0.4 is 16.0 Å². The first-order chi connectivity index (χ1) is 16.2. The van der Waals surface area contributed by atoms with Crippen LogP contribution in [0.5, 0.6) is 0 Å². The Morgan fingerprint density at radius 3 is 2.40 bits per heavy atom. The molecule has 0 fully saturated rings. The third kappa shape index (κ3) is 8.00. The average Bonchev–Trinajstić information content (AvgIpc) is 2.69. The molecule has 4 N–H and O–H groups in total. The first-order valence-corrected chi connectivity index (χ1v) is 12.3. The van der Waals surface area contributed by atoms with Crippen LogP contribution in [0, 0.1) is 17.0 Å². The van der Waals surface area contributed by atoms with Crippen LogP contribution in [0.25, 0.3) is 0 Å². The Morgan fingerprint density at radius 2 is 1.80 bits per heavy atom. The summed E-state index contributed by atoms with van der Waals surface area (Å²) in [4.78, 5) is 11.8. The fourth-order valence-corrected chi connectivity index (χ4v) is 4.89. The van der Waals surface area contributed by atoms with Gasteiger partial charge in [-0.15, -0.1) is 0 Å². The number of halogens is 2. The smallest absolute Gasteiger partial charge is 0.217 e. The number of aliphatic hydroxyl groups excluding tert-OH is 1. The third-order valence-electron chi connectivity index (χ3n) is 6.22. The van der Waals surface area contributed by atoms with Crippen LogP contribution in [0.1, 0.15) is 70.7 Å². The van der Waals surface area contributed by atoms with Gasteiger partial charge in [-0.1, -0.05) is 32.9 Å². The Kier molecular flexibility index (Phi) is 8.22. The maximum atomic E-state index is 13.7. The number of benzene rings is 2. The highest BCUT2D eigenvalue weighted by Crippen LogP contribution is 2.38. The molecule has 1 aliphatic heterocycles. The number of nitrogens with one attached hydrogen (secondary N) is 3. The predicted octanol–water partition coefficient (Wildman–Crippen LogP) is 4.89. The SMILES string of the molecule is CC(=O)N[C@@H](Cc1cc(F)cc(F)c1)[C@@H](O)CN[C@H]1CC(C)(C)Nc2ccc(CC(C)(C)C)cc21. The number of fused-ring (bicyclic) bond motifs is 1. The standard InChI is InChI=1S/C28H39F2N3O2/c1-17(34)32-24(12-19-9-20(29)13-21(30)10-19)26(35)16-31-25-15-28(5,6)33-23-8-7-18(11-22(23)25)14-27(2,3)4/h7-11,13,24-26,31,33,35H,12,14-16H2,1-6H3,(H,32,34)/t24-,25-,26-/m0/s1. The van der Waals surface area contributed by atoms with E-state index in [1.807, 2.05) is 0 Å². The lowest BCUT2D eigenvalue weighted by molar-refractivity contribution is -0.120. The highest BCUT2D eigenvalue weighted by molar-refractivity contribution is 5.73. The van der Waals surface area contributed by atoms with Crippen LogP contribution in [0.2, 0.25) is 0 Å². The zero-order valence-electron chi connectivity index (χ0n) is 21.6. The normalized spacial score (nSPS) is 18.8. The molecule has 0 spiro atoms. The zero-order chi connectivity index (χ0) is 26.0. The molecule has 1 aliphatic rings. The summed E-state index contributed by atoms with van der Waals surface area (Å²) < 4.78 is 27.3. The number of rotatable bonds is 8. The lowest BCUT2D eigenvalue weighted by Gasteiger charge is -2.40. The second-order valence-corrected chi connectivity index (χ2v) is 11.7. The summed E-state index contributed by atoms with van der Waals surface area (Å²) in [5, 5.41) is 20.8. The number of amides is 1. The van der Waals surface area contributed by atoms with E-state index >= 15 is 0 Å². The number of anilines is 1. The number of carbonyl (C=O) groups excluding carboxylic acids is 1. The number of hydrogen-bond donors (Lipinski definition) is 4. The molecule has 0 radical (unpaired) electrons. The van der Waals surface area contributed by atoms with Gasteiger partial charge in [0.25, 0.3) is 0 Å². The summed E-state index contributed by atoms with van der Waals surface area (Å²) in [6.45, 7) is 12.5. The van der Waals surface area contributed by atoms with E-state index in [9.17, 15) is 18.7 Å². The molecule has 0 aromatic heterocycles. The van der Waals surface area contributed by atoms with Gasteiger partial charge >= 0.3 is 0 Å². The molecule has 0 saturated heterocycles. The van der Waals surface area contributed by atoms with Crippen molar-refractivity contribution < 1.29 is 18.7 Å². The van der Waals surface area contributed by atoms with Crippen molar-refractivity contribution in [3.8, 4) is 0 Å². The monoisotopic (exact) mass is 487 g/mol. The molecule has 0 aliphatic carbocycles. The fourth-order valence-electron chi connectivity index (χ4n) is 4.89. The van der Waals surface area contributed by atoms with E-state index in [1.165, 1.54) is 24.6 Å². The van der Waals surface area contributed by atoms with E-state index in [-0.39, 0.29) is 35.9 Å². The summed E-state index contributed by atoms with van der Waals surface area (Å²) in [6.07, 6.45) is 0.921. The predicted molar refractivity (Wildman–Crippen MR) is 136 cm³/mol. The number of hydrogen-bond acceptors (Lipinski definition) is 4. The Morgan fingerprint density at radius 1 is 1.14 bits per heavy atom. The summed E-state index contributed by atoms with van der Waals surface area (Å²) >= 11 is 0. The quantitative estimate of drug-likeness (QED) is 0.428. The highest BCUT2D eigenvalue weighted by atomic mass is 19.1. The van der Waals surface area contributed by atoms with Gasteiger partial charge < -0.3 is 21.1 Å². The zero-order valence-corrected chi connectivity index (χ0v) is 21.6. The van der Waals surface area contributed by atoms with Gasteiger partial charge in [0.1, 0.15) is 11.6 Å². The van der Waals surface area contributed by atoms with E-state index in [1.54, 1.807) is 0 Å². The lowest BCUT2D eigenvalue weighted by atomic mass is 9.82. The number of aliphatic hydroxyl groups is 1. The van der Waals surface area contributed by atoms with Crippen molar-refractivity contribution in [2.75, 3.05) is 11.9 Å². The minimum atomic E-state index is -0.954. The minimum Gasteiger partial charge on any atom is -0.390 e. The van der Waals surface area contributed by atoms with Gasteiger partial charge in [0.05, 0.1) is 12.1 Å². The molecule has 192 valence electrons. The van der Waals surface area contributed by atoms with Crippen LogP contribution in [-0.2, 0) is 17.6 Å². The van der Waals surface area contributed by atoms with Crippen molar-refractivity contribution >= 4 is 11.6 Å². The van der Waals surface area contributed by atoms with Crippen molar-refractivity contribution in [2.45, 2.75) is 84.5 Å². The molecule has 3 atom stereocenters. The van der Waals surface area contributed by atoms with Gasteiger partial charge in [0.2, 0.25) is 5.91 Å². The van der Waals surface area contributed by atoms with Crippen molar-refractivity contribution in [3.05, 3.63) is 64.7 Å².